The van der Waals surface area contributed by atoms with E-state index >= 15 is 0 Å². The summed E-state index contributed by atoms with van der Waals surface area (Å²) in [5.41, 5.74) is 2.86. The van der Waals surface area contributed by atoms with Gasteiger partial charge in [-0.1, -0.05) is 32.6 Å². The number of aryl methyl sites for hydroxylation is 1. The van der Waals surface area contributed by atoms with Crippen molar-refractivity contribution >= 4 is 0 Å². The van der Waals surface area contributed by atoms with E-state index in [1.807, 2.05) is 0 Å². The van der Waals surface area contributed by atoms with Gasteiger partial charge in [-0.2, -0.15) is 0 Å². The van der Waals surface area contributed by atoms with Crippen LogP contribution in [0.5, 0.6) is 0 Å². The maximum Gasteiger partial charge on any atom is 0.109 e. The molecule has 4 unspecified atom stereocenters. The number of nitrogens with zero attached hydrogens (tertiary/aromatic N) is 1. The van der Waals surface area contributed by atoms with Crippen molar-refractivity contribution in [2.24, 2.45) is 11.8 Å². The van der Waals surface area contributed by atoms with Crippen molar-refractivity contribution in [2.75, 3.05) is 0 Å². The van der Waals surface area contributed by atoms with E-state index in [1.54, 1.807) is 0 Å². The van der Waals surface area contributed by atoms with Crippen molar-refractivity contribution in [1.82, 2.24) is 9.97 Å². The fourth-order valence-electron chi connectivity index (χ4n) is 5.08. The summed E-state index contributed by atoms with van der Waals surface area (Å²) in [6, 6.07) is 0. The summed E-state index contributed by atoms with van der Waals surface area (Å²) >= 11 is 0. The lowest BCUT2D eigenvalue weighted by Gasteiger charge is -2.38. The largest absolute Gasteiger partial charge is 0.345 e. The number of aromatic nitrogens is 2. The lowest BCUT2D eigenvalue weighted by molar-refractivity contribution is 0.153. The molecule has 1 N–H and O–H groups in total. The maximum atomic E-state index is 5.04. The van der Waals surface area contributed by atoms with Gasteiger partial charge in [0.05, 0.1) is 5.69 Å². The molecule has 2 heteroatoms. The van der Waals surface area contributed by atoms with Gasteiger partial charge < -0.3 is 4.98 Å². The van der Waals surface area contributed by atoms with E-state index in [0.29, 0.717) is 5.92 Å². The highest BCUT2D eigenvalue weighted by Crippen LogP contribution is 2.46. The molecular weight excluding hydrogens is 244 g/mol. The average molecular weight is 272 g/mol. The predicted molar refractivity (Wildman–Crippen MR) is 82.0 cm³/mol. The Balaban J connectivity index is 1.53. The number of rotatable bonds is 1. The molecule has 0 spiro atoms. The molecule has 1 aromatic rings. The Hall–Kier alpha value is -0.790. The highest BCUT2D eigenvalue weighted by atomic mass is 15.0. The molecule has 0 saturated heterocycles. The summed E-state index contributed by atoms with van der Waals surface area (Å²) in [6.45, 7) is 2.35. The summed E-state index contributed by atoms with van der Waals surface area (Å²) in [6.07, 6.45) is 14.1. The van der Waals surface area contributed by atoms with Gasteiger partial charge >= 0.3 is 0 Å². The van der Waals surface area contributed by atoms with Crippen molar-refractivity contribution < 1.29 is 0 Å². The molecular formula is C18H28N2. The van der Waals surface area contributed by atoms with E-state index in [2.05, 4.69) is 11.9 Å². The maximum absolute atomic E-state index is 5.04. The molecule has 0 aromatic carbocycles. The highest BCUT2D eigenvalue weighted by Gasteiger charge is 2.34. The van der Waals surface area contributed by atoms with Crippen molar-refractivity contribution in [3.05, 3.63) is 17.2 Å². The van der Waals surface area contributed by atoms with Gasteiger partial charge in [0.1, 0.15) is 5.82 Å². The standard InChI is InChI=1S/C18H28N2/c1-12-5-4-8-16-17(12)20-18(19-16)15-10-9-13-6-2-3-7-14(13)11-15/h12-15H,2-11H2,1H3,(H,19,20). The van der Waals surface area contributed by atoms with E-state index in [0.717, 1.165) is 17.8 Å². The molecule has 3 aliphatic carbocycles. The Morgan fingerprint density at radius 3 is 2.65 bits per heavy atom. The highest BCUT2D eigenvalue weighted by molar-refractivity contribution is 5.23. The molecule has 2 saturated carbocycles. The van der Waals surface area contributed by atoms with Gasteiger partial charge in [-0.05, 0) is 50.4 Å². The van der Waals surface area contributed by atoms with Crippen LogP contribution in [-0.2, 0) is 6.42 Å². The summed E-state index contributed by atoms with van der Waals surface area (Å²) < 4.78 is 0. The third kappa shape index (κ3) is 2.21. The van der Waals surface area contributed by atoms with E-state index in [4.69, 9.17) is 4.98 Å². The Bertz CT molecular complexity index is 476. The van der Waals surface area contributed by atoms with Crippen LogP contribution >= 0.6 is 0 Å². The first-order valence-corrected chi connectivity index (χ1v) is 8.90. The van der Waals surface area contributed by atoms with E-state index < -0.39 is 0 Å². The molecule has 4 atom stereocenters. The van der Waals surface area contributed by atoms with Crippen molar-refractivity contribution in [3.8, 4) is 0 Å². The Kier molecular flexibility index (Phi) is 3.36. The number of aromatic amines is 1. The van der Waals surface area contributed by atoms with Crippen LogP contribution in [0.4, 0.5) is 0 Å². The minimum atomic E-state index is 0.676. The second-order valence-corrected chi connectivity index (χ2v) is 7.59. The van der Waals surface area contributed by atoms with Crippen molar-refractivity contribution in [1.29, 1.82) is 0 Å². The summed E-state index contributed by atoms with van der Waals surface area (Å²) in [7, 11) is 0. The van der Waals surface area contributed by atoms with Crippen LogP contribution in [0.15, 0.2) is 0 Å². The first-order chi connectivity index (χ1) is 9.81. The number of hydrogen-bond donors (Lipinski definition) is 1. The van der Waals surface area contributed by atoms with Gasteiger partial charge in [0, 0.05) is 17.5 Å². The van der Waals surface area contributed by atoms with Crippen LogP contribution < -0.4 is 0 Å². The molecule has 1 aromatic heterocycles. The quantitative estimate of drug-likeness (QED) is 0.772. The van der Waals surface area contributed by atoms with Gasteiger partial charge in [-0.25, -0.2) is 4.98 Å². The average Bonchev–Trinajstić information content (AvgIpc) is 2.92. The molecule has 0 radical (unpaired) electrons. The third-order valence-electron chi connectivity index (χ3n) is 6.29. The summed E-state index contributed by atoms with van der Waals surface area (Å²) in [5, 5.41) is 0. The lowest BCUT2D eigenvalue weighted by Crippen LogP contribution is -2.27. The molecule has 110 valence electrons. The number of hydrogen-bond acceptors (Lipinski definition) is 1. The van der Waals surface area contributed by atoms with E-state index in [1.165, 1.54) is 81.4 Å². The van der Waals surface area contributed by atoms with E-state index in [9.17, 15) is 0 Å². The van der Waals surface area contributed by atoms with Gasteiger partial charge in [0.15, 0.2) is 0 Å². The molecule has 0 bridgehead atoms. The Morgan fingerprint density at radius 1 is 0.950 bits per heavy atom. The molecule has 1 heterocycles. The van der Waals surface area contributed by atoms with Crippen LogP contribution in [0.25, 0.3) is 0 Å². The normalized spacial score (nSPS) is 37.2. The van der Waals surface area contributed by atoms with Crippen LogP contribution in [0, 0.1) is 11.8 Å². The third-order valence-corrected chi connectivity index (χ3v) is 6.29. The number of H-pyrrole nitrogens is 1. The summed E-state index contributed by atoms with van der Waals surface area (Å²) in [5.74, 6) is 4.79. The van der Waals surface area contributed by atoms with Crippen molar-refractivity contribution in [3.63, 3.8) is 0 Å². The zero-order valence-electron chi connectivity index (χ0n) is 12.8. The number of imidazole rings is 1. The van der Waals surface area contributed by atoms with Gasteiger partial charge in [-0.3, -0.25) is 0 Å². The summed E-state index contributed by atoms with van der Waals surface area (Å²) in [4.78, 5) is 8.76. The van der Waals surface area contributed by atoms with Crippen LogP contribution in [0.2, 0.25) is 0 Å². The minimum absolute atomic E-state index is 0.676. The Morgan fingerprint density at radius 2 is 1.80 bits per heavy atom. The second-order valence-electron chi connectivity index (χ2n) is 7.59. The van der Waals surface area contributed by atoms with E-state index in [-0.39, 0.29) is 0 Å². The zero-order chi connectivity index (χ0) is 13.5. The molecule has 2 nitrogen and oxygen atoms in total. The van der Waals surface area contributed by atoms with Crippen LogP contribution in [-0.4, -0.2) is 9.97 Å². The second kappa shape index (κ2) is 5.20. The molecule has 0 aliphatic heterocycles. The molecule has 20 heavy (non-hydrogen) atoms. The van der Waals surface area contributed by atoms with Crippen LogP contribution in [0.1, 0.15) is 93.8 Å². The fourth-order valence-corrected chi connectivity index (χ4v) is 5.08. The lowest BCUT2D eigenvalue weighted by atomic mass is 9.67. The predicted octanol–water partition coefficient (Wildman–Crippen LogP) is 4.92. The van der Waals surface area contributed by atoms with Crippen LogP contribution in [0.3, 0.4) is 0 Å². The molecule has 0 amide bonds. The molecule has 4 rings (SSSR count). The number of nitrogens with one attached hydrogen (secondary N) is 1. The zero-order valence-corrected chi connectivity index (χ0v) is 12.8. The van der Waals surface area contributed by atoms with Gasteiger partial charge in [0.25, 0.3) is 0 Å². The van der Waals surface area contributed by atoms with Gasteiger partial charge in [0.2, 0.25) is 0 Å². The monoisotopic (exact) mass is 272 g/mol. The first kappa shape index (κ1) is 12.9. The topological polar surface area (TPSA) is 28.7 Å². The first-order valence-electron chi connectivity index (χ1n) is 8.90. The fraction of sp³-hybridized carbons (Fsp3) is 0.833. The SMILES string of the molecule is CC1CCCc2[nH]c(C3CCC4CCCCC4C3)nc21. The molecule has 3 aliphatic rings. The molecule has 2 fully saturated rings. The number of fused-ring (bicyclic) bond motifs is 2. The van der Waals surface area contributed by atoms with Crippen molar-refractivity contribution in [2.45, 2.75) is 83.0 Å². The minimum Gasteiger partial charge on any atom is -0.345 e. The smallest absolute Gasteiger partial charge is 0.109 e. The van der Waals surface area contributed by atoms with Gasteiger partial charge in [-0.15, -0.1) is 0 Å². The Labute approximate surface area is 122 Å².